The molecule has 0 fully saturated rings. The summed E-state index contributed by atoms with van der Waals surface area (Å²) in [5.41, 5.74) is 7.46. The van der Waals surface area contributed by atoms with Crippen molar-refractivity contribution in [3.63, 3.8) is 0 Å². The molecule has 0 saturated heterocycles. The number of nitrogens with zero attached hydrogens (tertiary/aromatic N) is 3. The van der Waals surface area contributed by atoms with Crippen LogP contribution in [0.1, 0.15) is 5.56 Å². The number of benzene rings is 1. The highest BCUT2D eigenvalue weighted by Crippen LogP contribution is 2.20. The topological polar surface area (TPSA) is 76.9 Å². The smallest absolute Gasteiger partial charge is 0.131 e. The van der Waals surface area contributed by atoms with Crippen molar-refractivity contribution in [3.05, 3.63) is 36.0 Å². The van der Waals surface area contributed by atoms with E-state index in [1.54, 1.807) is 18.0 Å². The zero-order valence-electron chi connectivity index (χ0n) is 9.42. The van der Waals surface area contributed by atoms with Gasteiger partial charge in [-0.25, -0.2) is 4.68 Å². The lowest BCUT2D eigenvalue weighted by molar-refractivity contribution is 0.414. The van der Waals surface area contributed by atoms with E-state index in [1.807, 2.05) is 24.3 Å². The summed E-state index contributed by atoms with van der Waals surface area (Å²) in [5.74, 6) is 1.22. The maximum absolute atomic E-state index is 8.64. The van der Waals surface area contributed by atoms with Crippen molar-refractivity contribution in [1.29, 1.82) is 5.26 Å². The van der Waals surface area contributed by atoms with Crippen LogP contribution in [0.5, 0.6) is 5.75 Å². The molecule has 2 rings (SSSR count). The molecule has 0 saturated carbocycles. The van der Waals surface area contributed by atoms with Gasteiger partial charge in [0.05, 0.1) is 31.5 Å². The molecule has 1 aromatic heterocycles. The van der Waals surface area contributed by atoms with Crippen molar-refractivity contribution in [2.24, 2.45) is 0 Å². The highest BCUT2D eigenvalue weighted by molar-refractivity contribution is 5.49. The molecule has 17 heavy (non-hydrogen) atoms. The van der Waals surface area contributed by atoms with Gasteiger partial charge in [-0.2, -0.15) is 10.4 Å². The van der Waals surface area contributed by atoms with Crippen molar-refractivity contribution in [2.75, 3.05) is 12.8 Å². The number of aromatic nitrogens is 2. The summed E-state index contributed by atoms with van der Waals surface area (Å²) in [7, 11) is 1.60. The number of rotatable bonds is 3. The van der Waals surface area contributed by atoms with E-state index in [9.17, 15) is 0 Å². The van der Waals surface area contributed by atoms with Crippen molar-refractivity contribution in [2.45, 2.75) is 6.42 Å². The Morgan fingerprint density at radius 3 is 3.06 bits per heavy atom. The first-order valence-corrected chi connectivity index (χ1v) is 5.10. The van der Waals surface area contributed by atoms with E-state index >= 15 is 0 Å². The molecule has 1 heterocycles. The van der Waals surface area contributed by atoms with Crippen molar-refractivity contribution in [1.82, 2.24) is 9.78 Å². The fourth-order valence-corrected chi connectivity index (χ4v) is 1.56. The summed E-state index contributed by atoms with van der Waals surface area (Å²) >= 11 is 0. The summed E-state index contributed by atoms with van der Waals surface area (Å²) in [4.78, 5) is 0. The molecule has 0 aliphatic carbocycles. The van der Waals surface area contributed by atoms with Crippen LogP contribution in [0, 0.1) is 11.3 Å². The van der Waals surface area contributed by atoms with E-state index in [1.165, 1.54) is 0 Å². The number of ether oxygens (including phenoxy) is 1. The lowest BCUT2D eigenvalue weighted by atomic mass is 10.2. The molecule has 2 aromatic rings. The molecule has 5 heteroatoms. The molecule has 2 N–H and O–H groups in total. The highest BCUT2D eigenvalue weighted by Gasteiger charge is 2.08. The Kier molecular flexibility index (Phi) is 2.97. The third-order valence-corrected chi connectivity index (χ3v) is 2.45. The minimum Gasteiger partial charge on any atom is -0.497 e. The average molecular weight is 228 g/mol. The first kappa shape index (κ1) is 11.0. The second-order valence-corrected chi connectivity index (χ2v) is 3.50. The van der Waals surface area contributed by atoms with E-state index in [0.717, 1.165) is 17.0 Å². The number of nitriles is 1. The molecule has 1 aromatic carbocycles. The quantitative estimate of drug-likeness (QED) is 0.864. The van der Waals surface area contributed by atoms with Crippen LogP contribution in [-0.2, 0) is 6.42 Å². The highest BCUT2D eigenvalue weighted by atomic mass is 16.5. The van der Waals surface area contributed by atoms with Crippen molar-refractivity contribution >= 4 is 5.82 Å². The van der Waals surface area contributed by atoms with Gasteiger partial charge in [0.2, 0.25) is 0 Å². The summed E-state index contributed by atoms with van der Waals surface area (Å²) in [6.45, 7) is 0. The maximum atomic E-state index is 8.64. The maximum Gasteiger partial charge on any atom is 0.131 e. The molecule has 0 spiro atoms. The van der Waals surface area contributed by atoms with E-state index in [0.29, 0.717) is 5.82 Å². The Labute approximate surface area is 99.0 Å². The molecule has 5 nitrogen and oxygen atoms in total. The summed E-state index contributed by atoms with van der Waals surface area (Å²) in [5, 5.41) is 12.8. The Bertz CT molecular complexity index is 568. The van der Waals surface area contributed by atoms with Gasteiger partial charge in [0.1, 0.15) is 11.6 Å². The van der Waals surface area contributed by atoms with Gasteiger partial charge in [0.15, 0.2) is 0 Å². The van der Waals surface area contributed by atoms with Gasteiger partial charge in [0.25, 0.3) is 0 Å². The summed E-state index contributed by atoms with van der Waals surface area (Å²) < 4.78 is 6.73. The van der Waals surface area contributed by atoms with Crippen LogP contribution in [-0.4, -0.2) is 16.9 Å². The minimum absolute atomic E-state index is 0.260. The zero-order chi connectivity index (χ0) is 12.3. The number of hydrogen-bond donors (Lipinski definition) is 1. The molecule has 0 aliphatic rings. The molecule has 0 radical (unpaired) electrons. The van der Waals surface area contributed by atoms with Gasteiger partial charge in [-0.3, -0.25) is 0 Å². The second kappa shape index (κ2) is 4.58. The Balaban J connectivity index is 2.43. The van der Waals surface area contributed by atoms with E-state index in [4.69, 9.17) is 15.7 Å². The average Bonchev–Trinajstić information content (AvgIpc) is 2.72. The Morgan fingerprint density at radius 2 is 2.35 bits per heavy atom. The number of nitrogens with two attached hydrogens (primary N) is 1. The number of anilines is 1. The van der Waals surface area contributed by atoms with Crippen LogP contribution < -0.4 is 10.5 Å². The van der Waals surface area contributed by atoms with Gasteiger partial charge in [-0.05, 0) is 12.1 Å². The van der Waals surface area contributed by atoms with Crippen LogP contribution in [0.15, 0.2) is 30.5 Å². The Morgan fingerprint density at radius 1 is 1.53 bits per heavy atom. The second-order valence-electron chi connectivity index (χ2n) is 3.50. The largest absolute Gasteiger partial charge is 0.497 e. The standard InChI is InChI=1S/C12H12N4O/c1-17-11-4-2-3-10(7-11)16-12(14)9(5-6-13)8-15-16/h2-4,7-8H,5,14H2,1H3. The van der Waals surface area contributed by atoms with Gasteiger partial charge in [0, 0.05) is 11.6 Å². The minimum atomic E-state index is 0.260. The fourth-order valence-electron chi connectivity index (χ4n) is 1.56. The molecule has 0 unspecified atom stereocenters. The number of methoxy groups -OCH3 is 1. The van der Waals surface area contributed by atoms with Gasteiger partial charge in [-0.1, -0.05) is 6.07 Å². The fraction of sp³-hybridized carbons (Fsp3) is 0.167. The molecular weight excluding hydrogens is 216 g/mol. The van der Waals surface area contributed by atoms with Crippen LogP contribution in [0.3, 0.4) is 0 Å². The first-order chi connectivity index (χ1) is 8.26. The lowest BCUT2D eigenvalue weighted by Crippen LogP contribution is -2.03. The first-order valence-electron chi connectivity index (χ1n) is 5.10. The molecule has 0 amide bonds. The zero-order valence-corrected chi connectivity index (χ0v) is 9.42. The van der Waals surface area contributed by atoms with Crippen LogP contribution in [0.4, 0.5) is 5.82 Å². The van der Waals surface area contributed by atoms with Crippen LogP contribution in [0.2, 0.25) is 0 Å². The third kappa shape index (κ3) is 2.06. The van der Waals surface area contributed by atoms with Gasteiger partial charge in [-0.15, -0.1) is 0 Å². The monoisotopic (exact) mass is 228 g/mol. The van der Waals surface area contributed by atoms with Gasteiger partial charge >= 0.3 is 0 Å². The lowest BCUT2D eigenvalue weighted by Gasteiger charge is -2.06. The van der Waals surface area contributed by atoms with Gasteiger partial charge < -0.3 is 10.5 Å². The number of nitrogen functional groups attached to an aromatic ring is 1. The summed E-state index contributed by atoms with van der Waals surface area (Å²) in [6, 6.07) is 9.47. The molecule has 0 aliphatic heterocycles. The summed E-state index contributed by atoms with van der Waals surface area (Å²) in [6.07, 6.45) is 1.87. The third-order valence-electron chi connectivity index (χ3n) is 2.45. The number of hydrogen-bond acceptors (Lipinski definition) is 4. The predicted molar refractivity (Wildman–Crippen MR) is 63.8 cm³/mol. The van der Waals surface area contributed by atoms with Crippen LogP contribution >= 0.6 is 0 Å². The molecule has 0 atom stereocenters. The SMILES string of the molecule is COc1cccc(-n2ncc(CC#N)c2N)c1. The normalized spacial score (nSPS) is 9.88. The molecule has 86 valence electrons. The van der Waals surface area contributed by atoms with Crippen LogP contribution in [0.25, 0.3) is 5.69 Å². The molecular formula is C12H12N4O. The van der Waals surface area contributed by atoms with Crippen molar-refractivity contribution < 1.29 is 4.74 Å². The van der Waals surface area contributed by atoms with E-state index < -0.39 is 0 Å². The Hall–Kier alpha value is -2.48. The molecule has 0 bridgehead atoms. The van der Waals surface area contributed by atoms with E-state index in [-0.39, 0.29) is 6.42 Å². The van der Waals surface area contributed by atoms with E-state index in [2.05, 4.69) is 11.2 Å². The van der Waals surface area contributed by atoms with Crippen molar-refractivity contribution in [3.8, 4) is 17.5 Å². The predicted octanol–water partition coefficient (Wildman–Crippen LogP) is 1.53.